The summed E-state index contributed by atoms with van der Waals surface area (Å²) in [6.07, 6.45) is 5.24. The zero-order chi connectivity index (χ0) is 28.8. The van der Waals surface area contributed by atoms with Crippen LogP contribution in [0, 0.1) is 11.8 Å². The summed E-state index contributed by atoms with van der Waals surface area (Å²) in [5, 5.41) is 18.9. The SMILES string of the molecule is CCCC1CN(c2cc(-c3ccccc3O)nnc2N)CC(C)N1c1ccnc(C#CCN2CCCOC(C)C2)c1. The van der Waals surface area contributed by atoms with Gasteiger partial charge in [-0.3, -0.25) is 4.90 Å². The van der Waals surface area contributed by atoms with E-state index in [1.807, 2.05) is 24.4 Å². The minimum Gasteiger partial charge on any atom is -0.507 e. The fourth-order valence-electron chi connectivity index (χ4n) is 5.99. The second-order valence-electron chi connectivity index (χ2n) is 11.1. The van der Waals surface area contributed by atoms with Crippen molar-refractivity contribution in [1.29, 1.82) is 0 Å². The molecule has 2 aliphatic heterocycles. The lowest BCUT2D eigenvalue weighted by Crippen LogP contribution is -2.58. The number of piperazine rings is 1. The highest BCUT2D eigenvalue weighted by molar-refractivity contribution is 5.74. The standard InChI is InChI=1S/C32H41N7O2/c1-4-9-27-22-38(30-19-29(35-36-32(30)33)28-11-5-6-12-31(28)40)20-23(2)39(27)26-13-14-34-25(18-26)10-7-15-37-16-8-17-41-24(3)21-37/h5-6,11-14,18-19,23-24,27,40H,4,8-9,15-17,20-22H2,1-3H3,(H2,33,36). The lowest BCUT2D eigenvalue weighted by Gasteiger charge is -2.48. The molecule has 9 nitrogen and oxygen atoms in total. The third kappa shape index (κ3) is 6.89. The van der Waals surface area contributed by atoms with Crippen LogP contribution in [0.2, 0.25) is 0 Å². The molecule has 9 heteroatoms. The Morgan fingerprint density at radius 1 is 1.10 bits per heavy atom. The van der Waals surface area contributed by atoms with Crippen LogP contribution >= 0.6 is 0 Å². The Hall–Kier alpha value is -3.87. The van der Waals surface area contributed by atoms with Crippen LogP contribution in [-0.2, 0) is 4.74 Å². The van der Waals surface area contributed by atoms with Crippen LogP contribution in [0.3, 0.4) is 0 Å². The highest BCUT2D eigenvalue weighted by Gasteiger charge is 2.33. The number of phenolic OH excluding ortho intramolecular Hbond substituents is 1. The van der Waals surface area contributed by atoms with Crippen molar-refractivity contribution < 1.29 is 9.84 Å². The van der Waals surface area contributed by atoms with Crippen molar-refractivity contribution in [3.63, 3.8) is 0 Å². The fourth-order valence-corrected chi connectivity index (χ4v) is 5.99. The van der Waals surface area contributed by atoms with Gasteiger partial charge in [0.15, 0.2) is 5.82 Å². The minimum atomic E-state index is 0.172. The number of benzene rings is 1. The number of nitrogens with two attached hydrogens (primary N) is 1. The number of nitrogen functional groups attached to an aromatic ring is 1. The summed E-state index contributed by atoms with van der Waals surface area (Å²) in [4.78, 5) is 11.7. The van der Waals surface area contributed by atoms with E-state index >= 15 is 0 Å². The molecule has 3 N–H and O–H groups in total. The third-order valence-electron chi connectivity index (χ3n) is 7.83. The van der Waals surface area contributed by atoms with Gasteiger partial charge in [0.05, 0.1) is 24.0 Å². The predicted octanol–water partition coefficient (Wildman–Crippen LogP) is 4.17. The number of para-hydroxylation sites is 1. The van der Waals surface area contributed by atoms with E-state index in [2.05, 4.69) is 74.6 Å². The number of hydrogen-bond acceptors (Lipinski definition) is 9. The molecule has 0 saturated carbocycles. The number of anilines is 3. The van der Waals surface area contributed by atoms with Gasteiger partial charge in [0.2, 0.25) is 0 Å². The molecule has 3 atom stereocenters. The van der Waals surface area contributed by atoms with Crippen LogP contribution in [0.15, 0.2) is 48.7 Å². The van der Waals surface area contributed by atoms with Crippen molar-refractivity contribution in [2.45, 2.75) is 58.2 Å². The molecule has 0 radical (unpaired) electrons. The highest BCUT2D eigenvalue weighted by atomic mass is 16.5. The number of nitrogens with zero attached hydrogens (tertiary/aromatic N) is 6. The molecule has 4 heterocycles. The quantitative estimate of drug-likeness (QED) is 0.434. The van der Waals surface area contributed by atoms with E-state index in [1.54, 1.807) is 12.1 Å². The van der Waals surface area contributed by atoms with Gasteiger partial charge in [0.1, 0.15) is 11.4 Å². The van der Waals surface area contributed by atoms with Gasteiger partial charge in [0.25, 0.3) is 0 Å². The van der Waals surface area contributed by atoms with E-state index in [0.29, 0.717) is 17.1 Å². The summed E-state index contributed by atoms with van der Waals surface area (Å²) in [5.41, 5.74) is 10.4. The molecule has 0 spiro atoms. The average Bonchev–Trinajstić information content (AvgIpc) is 3.17. The topological polar surface area (TPSA) is 104 Å². The first kappa shape index (κ1) is 28.7. The van der Waals surface area contributed by atoms with Gasteiger partial charge in [-0.05, 0) is 62.9 Å². The molecule has 2 aromatic heterocycles. The second kappa shape index (κ2) is 13.2. The Bertz CT molecular complexity index is 1390. The predicted molar refractivity (Wildman–Crippen MR) is 164 cm³/mol. The molecule has 2 saturated heterocycles. The zero-order valence-electron chi connectivity index (χ0n) is 24.3. The second-order valence-corrected chi connectivity index (χ2v) is 11.1. The Labute approximate surface area is 243 Å². The van der Waals surface area contributed by atoms with Crippen molar-refractivity contribution >= 4 is 17.2 Å². The summed E-state index contributed by atoms with van der Waals surface area (Å²) in [5.74, 6) is 7.21. The number of aromatic hydroxyl groups is 1. The summed E-state index contributed by atoms with van der Waals surface area (Å²) < 4.78 is 5.76. The van der Waals surface area contributed by atoms with E-state index < -0.39 is 0 Å². The summed E-state index contributed by atoms with van der Waals surface area (Å²) >= 11 is 0. The molecule has 2 fully saturated rings. The fraction of sp³-hybridized carbons (Fsp3) is 0.469. The van der Waals surface area contributed by atoms with E-state index in [0.717, 1.165) is 75.7 Å². The zero-order valence-corrected chi connectivity index (χ0v) is 24.3. The molecule has 0 bridgehead atoms. The maximum atomic E-state index is 10.4. The van der Waals surface area contributed by atoms with Crippen molar-refractivity contribution in [2.24, 2.45) is 0 Å². The molecule has 3 unspecified atom stereocenters. The Kier molecular flexibility index (Phi) is 9.22. The van der Waals surface area contributed by atoms with Crippen molar-refractivity contribution in [1.82, 2.24) is 20.1 Å². The third-order valence-corrected chi connectivity index (χ3v) is 7.83. The maximum Gasteiger partial charge on any atom is 0.169 e. The highest BCUT2D eigenvalue weighted by Crippen LogP contribution is 2.34. The van der Waals surface area contributed by atoms with Crippen LogP contribution in [0.25, 0.3) is 11.3 Å². The average molecular weight is 556 g/mol. The van der Waals surface area contributed by atoms with Crippen LogP contribution in [-0.4, -0.2) is 82.7 Å². The molecular formula is C32H41N7O2. The number of aromatic nitrogens is 3. The molecule has 3 aromatic rings. The van der Waals surface area contributed by atoms with Gasteiger partial charge in [-0.25, -0.2) is 4.98 Å². The van der Waals surface area contributed by atoms with Crippen LogP contribution < -0.4 is 15.5 Å². The molecule has 0 amide bonds. The lowest BCUT2D eigenvalue weighted by atomic mass is 10.0. The Balaban J connectivity index is 1.34. The largest absolute Gasteiger partial charge is 0.507 e. The van der Waals surface area contributed by atoms with Crippen molar-refractivity contribution in [3.8, 4) is 28.8 Å². The molecular weight excluding hydrogens is 514 g/mol. The van der Waals surface area contributed by atoms with Gasteiger partial charge < -0.3 is 25.4 Å². The minimum absolute atomic E-state index is 0.172. The van der Waals surface area contributed by atoms with Gasteiger partial charge >= 0.3 is 0 Å². The normalized spacial score (nSPS) is 21.7. The summed E-state index contributed by atoms with van der Waals surface area (Å²) in [7, 11) is 0. The van der Waals surface area contributed by atoms with Crippen LogP contribution in [0.5, 0.6) is 5.75 Å². The summed E-state index contributed by atoms with van der Waals surface area (Å²) in [6.45, 7) is 11.6. The van der Waals surface area contributed by atoms with E-state index in [-0.39, 0.29) is 23.9 Å². The van der Waals surface area contributed by atoms with E-state index in [4.69, 9.17) is 10.5 Å². The van der Waals surface area contributed by atoms with Gasteiger partial charge in [-0.15, -0.1) is 10.2 Å². The van der Waals surface area contributed by atoms with Gasteiger partial charge in [-0.2, -0.15) is 0 Å². The maximum absolute atomic E-state index is 10.4. The van der Waals surface area contributed by atoms with E-state index in [1.165, 1.54) is 0 Å². The van der Waals surface area contributed by atoms with Crippen molar-refractivity contribution in [2.75, 3.05) is 54.9 Å². The molecule has 2 aliphatic rings. The number of rotatable bonds is 6. The molecule has 41 heavy (non-hydrogen) atoms. The lowest BCUT2D eigenvalue weighted by molar-refractivity contribution is 0.0695. The first-order valence-corrected chi connectivity index (χ1v) is 14.7. The monoisotopic (exact) mass is 555 g/mol. The number of hydrogen-bond donors (Lipinski definition) is 2. The smallest absolute Gasteiger partial charge is 0.169 e. The number of phenols is 1. The molecule has 216 valence electrons. The van der Waals surface area contributed by atoms with Crippen molar-refractivity contribution in [3.05, 3.63) is 54.4 Å². The van der Waals surface area contributed by atoms with Gasteiger partial charge in [0, 0.05) is 62.3 Å². The van der Waals surface area contributed by atoms with Crippen LogP contribution in [0.1, 0.15) is 45.7 Å². The van der Waals surface area contributed by atoms with E-state index in [9.17, 15) is 5.11 Å². The Morgan fingerprint density at radius 2 is 1.95 bits per heavy atom. The number of ether oxygens (including phenoxy) is 1. The first-order chi connectivity index (χ1) is 19.9. The number of pyridine rings is 1. The molecule has 1 aromatic carbocycles. The Morgan fingerprint density at radius 3 is 2.78 bits per heavy atom. The van der Waals surface area contributed by atoms with Gasteiger partial charge in [-0.1, -0.05) is 31.4 Å². The molecule has 0 aliphatic carbocycles. The summed E-state index contributed by atoms with van der Waals surface area (Å²) in [6, 6.07) is 13.8. The molecule has 5 rings (SSSR count). The first-order valence-electron chi connectivity index (χ1n) is 14.7. The van der Waals surface area contributed by atoms with Crippen LogP contribution in [0.4, 0.5) is 17.2 Å².